The van der Waals surface area contributed by atoms with Gasteiger partial charge in [-0.2, -0.15) is 0 Å². The SMILES string of the molecule is O=CNCCNC(=O)Nc1ccccc1. The van der Waals surface area contributed by atoms with Crippen LogP contribution in [0.5, 0.6) is 0 Å². The number of urea groups is 1. The second-order valence-corrected chi connectivity index (χ2v) is 2.82. The number of benzene rings is 1. The summed E-state index contributed by atoms with van der Waals surface area (Å²) in [4.78, 5) is 21.1. The smallest absolute Gasteiger partial charge is 0.319 e. The lowest BCUT2D eigenvalue weighted by Gasteiger charge is -2.06. The zero-order valence-electron chi connectivity index (χ0n) is 8.19. The van der Waals surface area contributed by atoms with Gasteiger partial charge < -0.3 is 16.0 Å². The van der Waals surface area contributed by atoms with Gasteiger partial charge in [0.2, 0.25) is 6.41 Å². The fourth-order valence-electron chi connectivity index (χ4n) is 1.00. The second-order valence-electron chi connectivity index (χ2n) is 2.82. The minimum atomic E-state index is -0.283. The van der Waals surface area contributed by atoms with Crippen LogP contribution in [0.1, 0.15) is 0 Å². The lowest BCUT2D eigenvalue weighted by Crippen LogP contribution is -2.34. The van der Waals surface area contributed by atoms with Crippen LogP contribution in [0.2, 0.25) is 0 Å². The third kappa shape index (κ3) is 4.66. The Morgan fingerprint density at radius 3 is 2.60 bits per heavy atom. The number of carbonyl (C=O) groups excluding carboxylic acids is 2. The van der Waals surface area contributed by atoms with Gasteiger partial charge >= 0.3 is 6.03 Å². The van der Waals surface area contributed by atoms with Crippen LogP contribution < -0.4 is 16.0 Å². The van der Waals surface area contributed by atoms with E-state index in [1.807, 2.05) is 18.2 Å². The highest BCUT2D eigenvalue weighted by Gasteiger charge is 1.98. The molecule has 0 aromatic heterocycles. The molecule has 0 aliphatic carbocycles. The molecule has 1 aromatic carbocycles. The Morgan fingerprint density at radius 1 is 1.20 bits per heavy atom. The molecule has 0 atom stereocenters. The van der Waals surface area contributed by atoms with Gasteiger partial charge in [0.05, 0.1) is 0 Å². The molecular formula is C10H13N3O2. The van der Waals surface area contributed by atoms with Gasteiger partial charge in [-0.25, -0.2) is 4.79 Å². The predicted octanol–water partition coefficient (Wildman–Crippen LogP) is 0.554. The summed E-state index contributed by atoms with van der Waals surface area (Å²) in [6.07, 6.45) is 0.594. The molecule has 1 aromatic rings. The molecule has 3 amide bonds. The topological polar surface area (TPSA) is 70.2 Å². The van der Waals surface area contributed by atoms with Gasteiger partial charge in [0.15, 0.2) is 0 Å². The summed E-state index contributed by atoms with van der Waals surface area (Å²) < 4.78 is 0. The average molecular weight is 207 g/mol. The first kappa shape index (κ1) is 11.0. The average Bonchev–Trinajstić information content (AvgIpc) is 2.26. The van der Waals surface area contributed by atoms with Crippen molar-refractivity contribution < 1.29 is 9.59 Å². The van der Waals surface area contributed by atoms with Crippen molar-refractivity contribution >= 4 is 18.1 Å². The highest BCUT2D eigenvalue weighted by Crippen LogP contribution is 2.03. The fourth-order valence-corrected chi connectivity index (χ4v) is 1.00. The zero-order valence-corrected chi connectivity index (χ0v) is 8.19. The van der Waals surface area contributed by atoms with Crippen LogP contribution in [0, 0.1) is 0 Å². The van der Waals surface area contributed by atoms with Crippen LogP contribution in [0.15, 0.2) is 30.3 Å². The molecule has 80 valence electrons. The molecule has 5 nitrogen and oxygen atoms in total. The van der Waals surface area contributed by atoms with E-state index in [0.29, 0.717) is 19.5 Å². The summed E-state index contributed by atoms with van der Waals surface area (Å²) in [6, 6.07) is 8.85. The summed E-state index contributed by atoms with van der Waals surface area (Å²) in [5.74, 6) is 0. The van der Waals surface area contributed by atoms with Gasteiger partial charge in [-0.3, -0.25) is 4.79 Å². The fraction of sp³-hybridized carbons (Fsp3) is 0.200. The molecule has 0 spiro atoms. The summed E-state index contributed by atoms with van der Waals surface area (Å²) >= 11 is 0. The Labute approximate surface area is 87.9 Å². The van der Waals surface area contributed by atoms with Crippen molar-refractivity contribution in [3.63, 3.8) is 0 Å². The van der Waals surface area contributed by atoms with Crippen molar-refractivity contribution in [1.82, 2.24) is 10.6 Å². The Kier molecular flexibility index (Phi) is 4.72. The van der Waals surface area contributed by atoms with Crippen LogP contribution >= 0.6 is 0 Å². The van der Waals surface area contributed by atoms with Crippen LogP contribution in [-0.2, 0) is 4.79 Å². The van der Waals surface area contributed by atoms with Gasteiger partial charge in [-0.1, -0.05) is 18.2 Å². The highest BCUT2D eigenvalue weighted by atomic mass is 16.2. The Morgan fingerprint density at radius 2 is 1.93 bits per heavy atom. The number of amides is 3. The number of rotatable bonds is 5. The maximum absolute atomic E-state index is 11.2. The second kappa shape index (κ2) is 6.42. The first-order valence-electron chi connectivity index (χ1n) is 4.60. The number of nitrogens with one attached hydrogen (secondary N) is 3. The van der Waals surface area contributed by atoms with Gasteiger partial charge in [-0.15, -0.1) is 0 Å². The molecule has 0 bridgehead atoms. The van der Waals surface area contributed by atoms with E-state index in [2.05, 4.69) is 16.0 Å². The number of para-hydroxylation sites is 1. The van der Waals surface area contributed by atoms with E-state index in [1.165, 1.54) is 0 Å². The van der Waals surface area contributed by atoms with E-state index in [-0.39, 0.29) is 6.03 Å². The van der Waals surface area contributed by atoms with Gasteiger partial charge in [-0.05, 0) is 12.1 Å². The van der Waals surface area contributed by atoms with Gasteiger partial charge in [0.1, 0.15) is 0 Å². The van der Waals surface area contributed by atoms with Crippen LogP contribution in [0.4, 0.5) is 10.5 Å². The third-order valence-electron chi connectivity index (χ3n) is 1.67. The van der Waals surface area contributed by atoms with E-state index in [0.717, 1.165) is 5.69 Å². The molecule has 0 saturated heterocycles. The monoisotopic (exact) mass is 207 g/mol. The Bertz CT molecular complexity index is 314. The van der Waals surface area contributed by atoms with E-state index < -0.39 is 0 Å². The minimum Gasteiger partial charge on any atom is -0.357 e. The van der Waals surface area contributed by atoms with Gasteiger partial charge in [0.25, 0.3) is 0 Å². The maximum atomic E-state index is 11.2. The van der Waals surface area contributed by atoms with Crippen LogP contribution in [-0.4, -0.2) is 25.5 Å². The number of hydrogen-bond donors (Lipinski definition) is 3. The quantitative estimate of drug-likeness (QED) is 0.487. The summed E-state index contributed by atoms with van der Waals surface area (Å²) in [6.45, 7) is 0.823. The van der Waals surface area contributed by atoms with Crippen molar-refractivity contribution in [3.05, 3.63) is 30.3 Å². The van der Waals surface area contributed by atoms with Gasteiger partial charge in [0, 0.05) is 18.8 Å². The number of anilines is 1. The lowest BCUT2D eigenvalue weighted by atomic mass is 10.3. The standard InChI is InChI=1S/C10H13N3O2/c14-8-11-6-7-12-10(15)13-9-4-2-1-3-5-9/h1-5,8H,6-7H2,(H,11,14)(H2,12,13,15). The molecule has 0 radical (unpaired) electrons. The molecule has 3 N–H and O–H groups in total. The first-order chi connectivity index (χ1) is 7.33. The molecule has 0 aliphatic rings. The largest absolute Gasteiger partial charge is 0.357 e. The van der Waals surface area contributed by atoms with Crippen molar-refractivity contribution in [2.24, 2.45) is 0 Å². The summed E-state index contributed by atoms with van der Waals surface area (Å²) in [7, 11) is 0. The van der Waals surface area contributed by atoms with Crippen LogP contribution in [0.3, 0.4) is 0 Å². The van der Waals surface area contributed by atoms with Crippen LogP contribution in [0.25, 0.3) is 0 Å². The first-order valence-corrected chi connectivity index (χ1v) is 4.60. The molecule has 15 heavy (non-hydrogen) atoms. The molecule has 0 aliphatic heterocycles. The van der Waals surface area contributed by atoms with E-state index >= 15 is 0 Å². The Hall–Kier alpha value is -2.04. The number of hydrogen-bond acceptors (Lipinski definition) is 2. The number of carbonyl (C=O) groups is 2. The highest BCUT2D eigenvalue weighted by molar-refractivity contribution is 5.89. The van der Waals surface area contributed by atoms with Crippen molar-refractivity contribution in [2.45, 2.75) is 0 Å². The van der Waals surface area contributed by atoms with E-state index in [9.17, 15) is 9.59 Å². The molecule has 0 heterocycles. The molecule has 5 heteroatoms. The molecular weight excluding hydrogens is 194 g/mol. The Balaban J connectivity index is 2.22. The third-order valence-corrected chi connectivity index (χ3v) is 1.67. The minimum absolute atomic E-state index is 0.283. The molecule has 0 fully saturated rings. The summed E-state index contributed by atoms with van der Waals surface area (Å²) in [5, 5.41) is 7.69. The van der Waals surface area contributed by atoms with Crippen molar-refractivity contribution in [1.29, 1.82) is 0 Å². The van der Waals surface area contributed by atoms with Crippen molar-refractivity contribution in [3.8, 4) is 0 Å². The summed E-state index contributed by atoms with van der Waals surface area (Å²) in [5.41, 5.74) is 0.735. The van der Waals surface area contributed by atoms with E-state index in [4.69, 9.17) is 0 Å². The molecule has 0 unspecified atom stereocenters. The molecule has 0 saturated carbocycles. The normalized spacial score (nSPS) is 9.07. The lowest BCUT2D eigenvalue weighted by molar-refractivity contribution is -0.109. The zero-order chi connectivity index (χ0) is 10.9. The van der Waals surface area contributed by atoms with Crippen molar-refractivity contribution in [2.75, 3.05) is 18.4 Å². The molecule has 1 rings (SSSR count). The predicted molar refractivity (Wildman–Crippen MR) is 57.5 cm³/mol. The maximum Gasteiger partial charge on any atom is 0.319 e. The van der Waals surface area contributed by atoms with E-state index in [1.54, 1.807) is 12.1 Å².